The third-order valence-corrected chi connectivity index (χ3v) is 4.30. The van der Waals surface area contributed by atoms with Crippen LogP contribution in [-0.2, 0) is 21.1 Å². The molecule has 0 N–H and O–H groups in total. The van der Waals surface area contributed by atoms with Crippen molar-refractivity contribution in [2.75, 3.05) is 0 Å². The van der Waals surface area contributed by atoms with Crippen LogP contribution in [0.4, 0.5) is 0 Å². The van der Waals surface area contributed by atoms with E-state index in [2.05, 4.69) is 23.2 Å². The first-order valence-corrected chi connectivity index (χ1v) is 9.61. The maximum atomic E-state index is 10.7. The second-order valence-corrected chi connectivity index (χ2v) is 6.78. The fraction of sp³-hybridized carbons (Fsp3) is 0.944. The first kappa shape index (κ1) is 27.6. The van der Waals surface area contributed by atoms with Crippen molar-refractivity contribution < 1.29 is 45.9 Å². The van der Waals surface area contributed by atoms with Gasteiger partial charge in [-0.3, -0.25) is 0 Å². The van der Waals surface area contributed by atoms with Gasteiger partial charge < -0.3 is 24.8 Å². The molecule has 0 aromatic rings. The Labute approximate surface area is 160 Å². The maximum Gasteiger partial charge on any atom is -1.00 e. The molecule has 0 bridgehead atoms. The number of hydrogen-bond acceptors (Lipinski definition) is 1. The number of hydrogen-bond donors (Lipinski definition) is 0. The summed E-state index contributed by atoms with van der Waals surface area (Å²) in [5.41, 5.74) is 0. The minimum atomic E-state index is 0. The summed E-state index contributed by atoms with van der Waals surface area (Å²) >= 11 is 2.55. The average molecular weight is 390 g/mol. The summed E-state index contributed by atoms with van der Waals surface area (Å²) in [6.07, 6.45) is 21.4. The molecule has 0 aliphatic heterocycles. The number of rotatable bonds is 16. The zero-order valence-electron chi connectivity index (χ0n) is 14.4. The molecule has 4 heteroatoms. The molecule has 0 saturated heterocycles. The molecule has 0 rings (SSSR count). The molecule has 0 amide bonds. The molecule has 0 aromatic heterocycles. The molecule has 22 heavy (non-hydrogen) atoms. The molecule has 133 valence electrons. The predicted octanol–water partition coefficient (Wildman–Crippen LogP) is 0.329. The molecule has 0 atom stereocenters. The monoisotopic (exact) mass is 389 g/mol. The van der Waals surface area contributed by atoms with E-state index in [0.717, 1.165) is 12.8 Å². The molecule has 0 aliphatic carbocycles. The SMILES string of the molecule is CCCCCCCCCCCCCCCCC[C](=O)[Cr+2].[Cl-].[Cl-]. The minimum Gasteiger partial charge on any atom is -1.00 e. The zero-order valence-corrected chi connectivity index (χ0v) is 17.2. The summed E-state index contributed by atoms with van der Waals surface area (Å²) < 4.78 is 0.222. The predicted molar refractivity (Wildman–Crippen MR) is 84.6 cm³/mol. The molecule has 1 nitrogen and oxygen atoms in total. The van der Waals surface area contributed by atoms with E-state index in [0.29, 0.717) is 0 Å². The standard InChI is InChI=1S/C18H35O.2ClH.Cr/c1-2-3-4-5-6-7-8-9-10-11-12-13-14-15-16-17-18-19;;;/h2-17H2,1H3;2*1H;/q;;;+2/p-2. The second kappa shape index (κ2) is 24.0. The number of halogens is 2. The van der Waals surface area contributed by atoms with Gasteiger partial charge in [0.2, 0.25) is 0 Å². The van der Waals surface area contributed by atoms with Crippen molar-refractivity contribution in [3.8, 4) is 0 Å². The van der Waals surface area contributed by atoms with Crippen LogP contribution in [0.1, 0.15) is 110 Å². The largest absolute Gasteiger partial charge is 1.00 e. The van der Waals surface area contributed by atoms with Gasteiger partial charge in [0.1, 0.15) is 0 Å². The van der Waals surface area contributed by atoms with Gasteiger partial charge in [0.05, 0.1) is 0 Å². The fourth-order valence-corrected chi connectivity index (χ4v) is 2.87. The van der Waals surface area contributed by atoms with Crippen LogP contribution in [0.3, 0.4) is 0 Å². The van der Waals surface area contributed by atoms with Gasteiger partial charge in [0.25, 0.3) is 0 Å². The van der Waals surface area contributed by atoms with Crippen LogP contribution < -0.4 is 24.8 Å². The van der Waals surface area contributed by atoms with Crippen LogP contribution in [0, 0.1) is 0 Å². The van der Waals surface area contributed by atoms with Crippen LogP contribution in [0.2, 0.25) is 0 Å². The number of carbonyl (C=O) groups is 1. The van der Waals surface area contributed by atoms with Gasteiger partial charge in [-0.15, -0.1) is 0 Å². The first-order valence-electron chi connectivity index (χ1n) is 8.97. The van der Waals surface area contributed by atoms with Gasteiger partial charge in [-0.25, -0.2) is 0 Å². The molecule has 0 radical (unpaired) electrons. The molecule has 0 aromatic carbocycles. The summed E-state index contributed by atoms with van der Waals surface area (Å²) in [6, 6.07) is 0. The van der Waals surface area contributed by atoms with Gasteiger partial charge in [0.15, 0.2) is 0 Å². The van der Waals surface area contributed by atoms with E-state index in [9.17, 15) is 4.79 Å². The summed E-state index contributed by atoms with van der Waals surface area (Å²) in [7, 11) is 0. The van der Waals surface area contributed by atoms with Crippen LogP contribution in [0.25, 0.3) is 0 Å². The van der Waals surface area contributed by atoms with Crippen molar-refractivity contribution in [2.45, 2.75) is 110 Å². The third-order valence-electron chi connectivity index (χ3n) is 3.98. The Morgan fingerprint density at radius 1 is 0.591 bits per heavy atom. The van der Waals surface area contributed by atoms with Crippen LogP contribution in [-0.4, -0.2) is 4.65 Å². The van der Waals surface area contributed by atoms with Crippen molar-refractivity contribution >= 4 is 4.65 Å². The Balaban J connectivity index is -0.00000180. The summed E-state index contributed by atoms with van der Waals surface area (Å²) in [4.78, 5) is 10.7. The number of unbranched alkanes of at least 4 members (excludes halogenated alkanes) is 14. The Bertz CT molecular complexity index is 213. The van der Waals surface area contributed by atoms with Gasteiger partial charge >= 0.3 is 96.4 Å². The van der Waals surface area contributed by atoms with Crippen molar-refractivity contribution in [3.05, 3.63) is 0 Å². The van der Waals surface area contributed by atoms with Gasteiger partial charge in [0, 0.05) is 0 Å². The Kier molecular flexibility index (Phi) is 30.2. The quantitative estimate of drug-likeness (QED) is 0.347. The fourth-order valence-electron chi connectivity index (χ4n) is 2.64. The summed E-state index contributed by atoms with van der Waals surface area (Å²) in [5, 5.41) is 0. The van der Waals surface area contributed by atoms with Crippen LogP contribution >= 0.6 is 0 Å². The third kappa shape index (κ3) is 25.7. The molecule has 0 saturated carbocycles. The van der Waals surface area contributed by atoms with Gasteiger partial charge in [-0.2, -0.15) is 0 Å². The minimum absolute atomic E-state index is 0. The van der Waals surface area contributed by atoms with Crippen LogP contribution in [0.5, 0.6) is 0 Å². The van der Waals surface area contributed by atoms with E-state index in [1.54, 1.807) is 0 Å². The Morgan fingerprint density at radius 3 is 1.14 bits per heavy atom. The van der Waals surface area contributed by atoms with Gasteiger partial charge in [-0.1, -0.05) is 39.0 Å². The summed E-state index contributed by atoms with van der Waals surface area (Å²) in [5.74, 6) is 0. The first-order chi connectivity index (χ1) is 9.77. The van der Waals surface area contributed by atoms with E-state index < -0.39 is 0 Å². The van der Waals surface area contributed by atoms with E-state index in [-0.39, 0.29) is 29.5 Å². The van der Waals surface area contributed by atoms with E-state index >= 15 is 0 Å². The second-order valence-electron chi connectivity index (χ2n) is 6.07. The normalized spacial score (nSPS) is 9.82. The zero-order chi connectivity index (χ0) is 14.9. The van der Waals surface area contributed by atoms with Gasteiger partial charge in [-0.05, 0) is 0 Å². The molecule has 0 heterocycles. The smallest absolute Gasteiger partial charge is 1.00 e. The van der Waals surface area contributed by atoms with E-state index in [1.807, 2.05) is 0 Å². The van der Waals surface area contributed by atoms with E-state index in [4.69, 9.17) is 0 Å². The molecule has 0 fully saturated rings. The van der Waals surface area contributed by atoms with E-state index in [1.165, 1.54) is 89.9 Å². The van der Waals surface area contributed by atoms with Crippen molar-refractivity contribution in [2.24, 2.45) is 0 Å². The molecule has 0 spiro atoms. The topological polar surface area (TPSA) is 17.1 Å². The van der Waals surface area contributed by atoms with Crippen molar-refractivity contribution in [1.82, 2.24) is 0 Å². The van der Waals surface area contributed by atoms with Crippen molar-refractivity contribution in [1.29, 1.82) is 0 Å². The maximum absolute atomic E-state index is 10.7. The molecular formula is C18H35Cl2CrO. The number of carbonyl (C=O) groups excluding carboxylic acids is 1. The Hall–Kier alpha value is 0.782. The average Bonchev–Trinajstić information content (AvgIpc) is 2.43. The molecule has 0 aliphatic rings. The summed E-state index contributed by atoms with van der Waals surface area (Å²) in [6.45, 7) is 2.28. The Morgan fingerprint density at radius 2 is 0.864 bits per heavy atom. The molecular weight excluding hydrogens is 355 g/mol. The van der Waals surface area contributed by atoms with Crippen LogP contribution in [0.15, 0.2) is 0 Å². The van der Waals surface area contributed by atoms with Crippen molar-refractivity contribution in [3.63, 3.8) is 0 Å². The molecule has 0 unspecified atom stereocenters.